The molecule has 5 heterocycles. The van der Waals surface area contributed by atoms with Crippen LogP contribution in [0.4, 0.5) is 34.9 Å². The fourth-order valence-electron chi connectivity index (χ4n) is 4.59. The van der Waals surface area contributed by atoms with Crippen molar-refractivity contribution in [1.29, 1.82) is 0 Å². The maximum absolute atomic E-state index is 14.1. The summed E-state index contributed by atoms with van der Waals surface area (Å²) >= 11 is 0. The maximum Gasteiger partial charge on any atom is 0.416 e. The second-order valence-corrected chi connectivity index (χ2v) is 9.27. The Labute approximate surface area is 230 Å². The van der Waals surface area contributed by atoms with Crippen molar-refractivity contribution in [3.8, 4) is 22.5 Å². The fourth-order valence-corrected chi connectivity index (χ4v) is 4.59. The maximum atomic E-state index is 14.1. The van der Waals surface area contributed by atoms with Crippen molar-refractivity contribution in [2.45, 2.75) is 19.6 Å². The lowest BCUT2D eigenvalue weighted by Crippen LogP contribution is -2.18. The van der Waals surface area contributed by atoms with Gasteiger partial charge in [-0.25, -0.2) is 14.4 Å². The van der Waals surface area contributed by atoms with Crippen LogP contribution >= 0.6 is 0 Å². The number of anilines is 2. The van der Waals surface area contributed by atoms with E-state index in [1.54, 1.807) is 24.4 Å². The van der Waals surface area contributed by atoms with Crippen LogP contribution in [0.2, 0.25) is 0 Å². The van der Waals surface area contributed by atoms with Gasteiger partial charge in [0.15, 0.2) is 11.6 Å². The number of rotatable bonds is 4. The summed E-state index contributed by atoms with van der Waals surface area (Å²) in [6.45, 7) is 3.14. The number of aryl methyl sites for hydroxylation is 1. The molecule has 41 heavy (non-hydrogen) atoms. The van der Waals surface area contributed by atoms with Crippen LogP contribution in [0.25, 0.3) is 22.5 Å². The standard InChI is InChI=1S/C28H20F4N8O/c1-15-4-5-18(37-26(41)22-12-17(6-8-33-22)28(30,31)32)13-19(15)20-11-16-14-36-27(38-23-21(29)3-2-7-34-23)39-24(16)40-10-9-35-25(20)40/h2-8,11-14,35H,9-10H2,1H3,(H,37,41)/b38-27-. The molecule has 0 radical (unpaired) electrons. The Bertz CT molecular complexity index is 1850. The van der Waals surface area contributed by atoms with Gasteiger partial charge in [0.2, 0.25) is 0 Å². The highest BCUT2D eigenvalue weighted by Gasteiger charge is 2.31. The second kappa shape index (κ2) is 10.1. The van der Waals surface area contributed by atoms with Crippen molar-refractivity contribution in [3.63, 3.8) is 0 Å². The van der Waals surface area contributed by atoms with Crippen molar-refractivity contribution in [2.75, 3.05) is 17.2 Å². The molecular formula is C28H20F4N8O. The van der Waals surface area contributed by atoms with E-state index >= 15 is 0 Å². The molecule has 0 fully saturated rings. The van der Waals surface area contributed by atoms with Crippen LogP contribution in [0, 0.1) is 12.7 Å². The Morgan fingerprint density at radius 1 is 1.05 bits per heavy atom. The van der Waals surface area contributed by atoms with E-state index in [4.69, 9.17) is 0 Å². The Morgan fingerprint density at radius 3 is 2.71 bits per heavy atom. The molecule has 2 aromatic heterocycles. The molecule has 3 aliphatic heterocycles. The summed E-state index contributed by atoms with van der Waals surface area (Å²) in [6, 6.07) is 11.4. The van der Waals surface area contributed by atoms with Crippen LogP contribution < -0.4 is 16.3 Å². The summed E-state index contributed by atoms with van der Waals surface area (Å²) in [7, 11) is 0. The third-order valence-electron chi connectivity index (χ3n) is 6.54. The molecule has 1 aromatic carbocycles. The van der Waals surface area contributed by atoms with E-state index in [9.17, 15) is 22.4 Å². The molecule has 0 atom stereocenters. The molecule has 9 nitrogen and oxygen atoms in total. The first kappa shape index (κ1) is 26.0. The molecule has 0 saturated heterocycles. The zero-order chi connectivity index (χ0) is 28.7. The lowest BCUT2D eigenvalue weighted by atomic mass is 9.98. The van der Waals surface area contributed by atoms with E-state index in [0.29, 0.717) is 36.2 Å². The number of nitrogens with one attached hydrogen (secondary N) is 2. The zero-order valence-corrected chi connectivity index (χ0v) is 21.4. The largest absolute Gasteiger partial charge is 0.416 e. The van der Waals surface area contributed by atoms with Crippen molar-refractivity contribution in [3.05, 3.63) is 95.4 Å². The summed E-state index contributed by atoms with van der Waals surface area (Å²) in [5.74, 6) is -0.0968. The fraction of sp³-hybridized carbons (Fsp3) is 0.143. The number of pyridine rings is 3. The summed E-state index contributed by atoms with van der Waals surface area (Å²) in [4.78, 5) is 33.5. The molecule has 0 aliphatic carbocycles. The minimum Gasteiger partial charge on any atom is -0.369 e. The summed E-state index contributed by atoms with van der Waals surface area (Å²) in [5, 5.41) is 6.01. The van der Waals surface area contributed by atoms with Crippen LogP contribution in [-0.2, 0) is 12.7 Å². The number of hydrogen-bond acceptors (Lipinski definition) is 7. The molecule has 0 saturated carbocycles. The van der Waals surface area contributed by atoms with Gasteiger partial charge in [0.25, 0.3) is 11.5 Å². The molecule has 13 heteroatoms. The van der Waals surface area contributed by atoms with E-state index in [1.807, 2.05) is 17.6 Å². The zero-order valence-electron chi connectivity index (χ0n) is 21.4. The van der Waals surface area contributed by atoms with Gasteiger partial charge < -0.3 is 15.2 Å². The molecule has 3 aromatic rings. The number of aromatic nitrogens is 5. The second-order valence-electron chi connectivity index (χ2n) is 9.27. The van der Waals surface area contributed by atoms with Crippen molar-refractivity contribution in [2.24, 2.45) is 4.99 Å². The topological polar surface area (TPSA) is 110 Å². The lowest BCUT2D eigenvalue weighted by molar-refractivity contribution is -0.137. The summed E-state index contributed by atoms with van der Waals surface area (Å²) < 4.78 is 55.3. The number of carbonyl (C=O) groups excluding carboxylic acids is 1. The molecule has 0 unspecified atom stereocenters. The van der Waals surface area contributed by atoms with Crippen molar-refractivity contribution in [1.82, 2.24) is 24.5 Å². The summed E-state index contributed by atoms with van der Waals surface area (Å²) in [6.07, 6.45) is -0.617. The molecule has 1 amide bonds. The molecule has 2 N–H and O–H groups in total. The number of hydrogen-bond donors (Lipinski definition) is 2. The van der Waals surface area contributed by atoms with Crippen LogP contribution in [-0.4, -0.2) is 37.0 Å². The van der Waals surface area contributed by atoms with E-state index in [2.05, 4.69) is 35.6 Å². The Hall–Kier alpha value is -5.20. The minimum atomic E-state index is -4.59. The van der Waals surface area contributed by atoms with Gasteiger partial charge in [-0.2, -0.15) is 23.1 Å². The molecular weight excluding hydrogens is 540 g/mol. The number of benzene rings is 1. The van der Waals surface area contributed by atoms with E-state index < -0.39 is 23.5 Å². The van der Waals surface area contributed by atoms with Gasteiger partial charge in [0, 0.05) is 48.5 Å². The first-order valence-electron chi connectivity index (χ1n) is 12.4. The first-order chi connectivity index (χ1) is 19.7. The van der Waals surface area contributed by atoms with Gasteiger partial charge in [-0.05, 0) is 60.5 Å². The highest BCUT2D eigenvalue weighted by Crippen LogP contribution is 2.39. The SMILES string of the molecule is Cc1ccc(NC(=O)c2cc(C(F)(F)F)ccn2)cc1-c1cc2cn/c(=N/c3ncccc3F)nc-2n2c1NCC2. The average molecular weight is 561 g/mol. The minimum absolute atomic E-state index is 0.0635. The van der Waals surface area contributed by atoms with Gasteiger partial charge in [-0.1, -0.05) is 6.07 Å². The Balaban J connectivity index is 1.38. The van der Waals surface area contributed by atoms with Crippen LogP contribution in [0.15, 0.2) is 72.1 Å². The monoisotopic (exact) mass is 560 g/mol. The number of carbonyl (C=O) groups is 1. The van der Waals surface area contributed by atoms with Gasteiger partial charge in [0.1, 0.15) is 17.3 Å². The normalized spacial score (nSPS) is 13.2. The number of amides is 1. The summed E-state index contributed by atoms with van der Waals surface area (Å²) in [5.41, 5.74) is 2.33. The highest BCUT2D eigenvalue weighted by molar-refractivity contribution is 6.03. The highest BCUT2D eigenvalue weighted by atomic mass is 19.4. The van der Waals surface area contributed by atoms with Gasteiger partial charge in [-0.15, -0.1) is 0 Å². The predicted octanol–water partition coefficient (Wildman–Crippen LogP) is 5.22. The molecule has 0 bridgehead atoms. The third-order valence-corrected chi connectivity index (χ3v) is 6.54. The Morgan fingerprint density at radius 2 is 1.90 bits per heavy atom. The van der Waals surface area contributed by atoms with Crippen LogP contribution in [0.1, 0.15) is 21.6 Å². The average Bonchev–Trinajstić information content (AvgIpc) is 3.45. The predicted molar refractivity (Wildman–Crippen MR) is 142 cm³/mol. The van der Waals surface area contributed by atoms with Crippen molar-refractivity contribution >= 4 is 23.2 Å². The van der Waals surface area contributed by atoms with Crippen molar-refractivity contribution < 1.29 is 22.4 Å². The molecule has 206 valence electrons. The lowest BCUT2D eigenvalue weighted by Gasteiger charge is -2.19. The number of fused-ring (bicyclic) bond motifs is 3. The van der Waals surface area contributed by atoms with Crippen LogP contribution in [0.5, 0.6) is 0 Å². The number of nitrogens with zero attached hydrogens (tertiary/aromatic N) is 6. The number of halogens is 4. The van der Waals surface area contributed by atoms with Gasteiger partial charge >= 0.3 is 6.18 Å². The third kappa shape index (κ3) is 5.09. The van der Waals surface area contributed by atoms with Gasteiger partial charge in [-0.3, -0.25) is 9.78 Å². The van der Waals surface area contributed by atoms with E-state index in [1.165, 1.54) is 18.3 Å². The number of alkyl halides is 3. The Kier molecular flexibility index (Phi) is 6.40. The van der Waals surface area contributed by atoms with E-state index in [-0.39, 0.29) is 17.1 Å². The molecule has 3 aliphatic rings. The quantitative estimate of drug-likeness (QED) is 0.292. The van der Waals surface area contributed by atoms with Crippen LogP contribution in [0.3, 0.4) is 0 Å². The van der Waals surface area contributed by atoms with E-state index in [0.717, 1.165) is 34.8 Å². The first-order valence-corrected chi connectivity index (χ1v) is 12.4. The molecule has 0 spiro atoms. The van der Waals surface area contributed by atoms with Gasteiger partial charge in [0.05, 0.1) is 5.56 Å². The molecule has 6 rings (SSSR count). The smallest absolute Gasteiger partial charge is 0.369 e.